The highest BCUT2D eigenvalue weighted by Crippen LogP contribution is 2.29. The van der Waals surface area contributed by atoms with E-state index in [-0.39, 0.29) is 41.3 Å². The summed E-state index contributed by atoms with van der Waals surface area (Å²) in [6.45, 7) is 1.75. The first-order chi connectivity index (χ1) is 11.4. The number of carbonyl (C=O) groups is 1. The summed E-state index contributed by atoms with van der Waals surface area (Å²) >= 11 is 0. The Balaban J connectivity index is 2.41. The third-order valence-corrected chi connectivity index (χ3v) is 3.66. The molecule has 1 heterocycles. The topological polar surface area (TPSA) is 117 Å². The zero-order chi connectivity index (χ0) is 17.7. The van der Waals surface area contributed by atoms with Gasteiger partial charge in [0.05, 0.1) is 0 Å². The lowest BCUT2D eigenvalue weighted by Gasteiger charge is -2.16. The van der Waals surface area contributed by atoms with E-state index in [1.807, 2.05) is 12.2 Å². The molecule has 0 unspecified atom stereocenters. The maximum atomic E-state index is 12.4. The first-order valence-corrected chi connectivity index (χ1v) is 7.79. The van der Waals surface area contributed by atoms with Crippen LogP contribution in [0.5, 0.6) is 11.5 Å². The van der Waals surface area contributed by atoms with Crippen LogP contribution in [0.2, 0.25) is 0 Å². The van der Waals surface area contributed by atoms with Crippen LogP contribution in [-0.2, 0) is 11.2 Å². The summed E-state index contributed by atoms with van der Waals surface area (Å²) in [4.78, 5) is 12.4. The molecule has 24 heavy (non-hydrogen) atoms. The summed E-state index contributed by atoms with van der Waals surface area (Å²) in [5.74, 6) is -1.21. The van der Waals surface area contributed by atoms with Gasteiger partial charge in [-0.3, -0.25) is 0 Å². The van der Waals surface area contributed by atoms with Gasteiger partial charge in [0.25, 0.3) is 0 Å². The molecule has 2 rings (SSSR count). The molecule has 1 aliphatic heterocycles. The molecule has 1 aliphatic rings. The molecule has 0 saturated heterocycles. The Kier molecular flexibility index (Phi) is 5.76. The highest BCUT2D eigenvalue weighted by Gasteiger charge is 2.21. The molecule has 128 valence electrons. The average Bonchev–Trinajstić information content (AvgIpc) is 2.45. The minimum absolute atomic E-state index is 0.0180. The molecule has 2 atom stereocenters. The van der Waals surface area contributed by atoms with Crippen LogP contribution in [0.1, 0.15) is 35.7 Å². The lowest BCUT2D eigenvalue weighted by atomic mass is 9.99. The maximum Gasteiger partial charge on any atom is 0.342 e. The predicted octanol–water partition coefficient (Wildman–Crippen LogP) is 2.44. The van der Waals surface area contributed by atoms with Gasteiger partial charge in [-0.2, -0.15) is 0 Å². The van der Waals surface area contributed by atoms with Crippen molar-refractivity contribution in [2.45, 2.75) is 38.3 Å². The van der Waals surface area contributed by atoms with E-state index in [9.17, 15) is 15.0 Å². The van der Waals surface area contributed by atoms with Gasteiger partial charge in [-0.15, -0.1) is 0 Å². The number of carbonyl (C=O) groups excluding carboxylic acids is 1. The van der Waals surface area contributed by atoms with Crippen molar-refractivity contribution in [1.82, 2.24) is 0 Å². The molecule has 1 aromatic rings. The Labute approximate surface area is 140 Å². The van der Waals surface area contributed by atoms with Gasteiger partial charge in [0.1, 0.15) is 23.2 Å². The maximum absolute atomic E-state index is 12.4. The number of allylic oxidation sites excluding steroid dienone is 1. The van der Waals surface area contributed by atoms with Crippen molar-refractivity contribution >= 4 is 11.7 Å². The fraction of sp³-hybridized carbons (Fsp3) is 0.333. The second-order valence-electron chi connectivity index (χ2n) is 5.88. The predicted molar refractivity (Wildman–Crippen MR) is 91.6 cm³/mol. The van der Waals surface area contributed by atoms with Crippen molar-refractivity contribution in [2.75, 3.05) is 0 Å². The number of cyclic esters (lactones) is 1. The zero-order valence-electron chi connectivity index (χ0n) is 13.5. The Morgan fingerprint density at radius 3 is 2.75 bits per heavy atom. The van der Waals surface area contributed by atoms with E-state index >= 15 is 0 Å². The van der Waals surface area contributed by atoms with Crippen LogP contribution in [0, 0.1) is 5.41 Å². The average molecular weight is 330 g/mol. The van der Waals surface area contributed by atoms with Crippen molar-refractivity contribution in [3.05, 3.63) is 47.6 Å². The molecule has 6 heteroatoms. The normalized spacial score (nSPS) is 25.2. The van der Waals surface area contributed by atoms with Crippen LogP contribution in [0.4, 0.5) is 0 Å². The van der Waals surface area contributed by atoms with Crippen LogP contribution in [0.15, 0.2) is 36.4 Å². The summed E-state index contributed by atoms with van der Waals surface area (Å²) in [5, 5.41) is 27.7. The second kappa shape index (κ2) is 7.79. The minimum atomic E-state index is -0.679. The molecule has 0 bridgehead atoms. The van der Waals surface area contributed by atoms with Crippen molar-refractivity contribution in [3.63, 3.8) is 0 Å². The van der Waals surface area contributed by atoms with E-state index < -0.39 is 5.97 Å². The molecule has 0 amide bonds. The number of ether oxygens (including phenoxy) is 1. The second-order valence-corrected chi connectivity index (χ2v) is 5.88. The first kappa shape index (κ1) is 17.7. The molecular weight excluding hydrogens is 308 g/mol. The van der Waals surface area contributed by atoms with Crippen molar-refractivity contribution in [1.29, 1.82) is 5.41 Å². The Hall–Kier alpha value is -2.60. The Bertz CT molecular complexity index is 695. The number of hydrogen-bond acceptors (Lipinski definition) is 6. The van der Waals surface area contributed by atoms with Crippen molar-refractivity contribution < 1.29 is 19.7 Å². The number of nitrogens with two attached hydrogens (primary N) is 1. The molecule has 0 saturated carbocycles. The third-order valence-electron chi connectivity index (χ3n) is 3.66. The van der Waals surface area contributed by atoms with Gasteiger partial charge in [-0.05, 0) is 31.1 Å². The van der Waals surface area contributed by atoms with Crippen molar-refractivity contribution in [3.8, 4) is 11.5 Å². The summed E-state index contributed by atoms with van der Waals surface area (Å²) in [5.41, 5.74) is 6.49. The number of nitrogens with one attached hydrogen (secondary N) is 1. The SMILES string of the molecule is C[C@@H]1C/C=C/[C@H](N)C/C=C/C(=N)Cc2cc(O)cc(O)c2C(=O)O1. The summed E-state index contributed by atoms with van der Waals surface area (Å²) in [6.07, 6.45) is 7.89. The quantitative estimate of drug-likeness (QED) is 0.430. The lowest BCUT2D eigenvalue weighted by Crippen LogP contribution is -2.19. The van der Waals surface area contributed by atoms with Crippen LogP contribution < -0.4 is 5.73 Å². The number of phenolic OH excluding ortho intramolecular Hbond substituents is 2. The number of fused-ring (bicyclic) bond motifs is 1. The van der Waals surface area contributed by atoms with Gasteiger partial charge >= 0.3 is 5.97 Å². The lowest BCUT2D eigenvalue weighted by molar-refractivity contribution is 0.0343. The number of esters is 1. The number of hydrogen-bond donors (Lipinski definition) is 4. The number of aromatic hydroxyl groups is 2. The number of benzene rings is 1. The van der Waals surface area contributed by atoms with Gasteiger partial charge in [-0.25, -0.2) is 4.79 Å². The van der Waals surface area contributed by atoms with E-state index in [1.165, 1.54) is 6.07 Å². The molecule has 0 aliphatic carbocycles. The van der Waals surface area contributed by atoms with Crippen LogP contribution in [-0.4, -0.2) is 34.0 Å². The molecule has 6 nitrogen and oxygen atoms in total. The summed E-state index contributed by atoms with van der Waals surface area (Å²) in [7, 11) is 0. The standard InChI is InChI=1S/C18H22N2O4/c1-11-4-2-5-13(19)6-3-7-14(20)8-12-9-15(21)10-16(22)17(12)18(23)24-11/h2-3,5,7,9-11,13,20-22H,4,6,8,19H2,1H3/b5-2+,7-3+,20-14?/t11-,13+/m1/s1. The Morgan fingerprint density at radius 1 is 1.25 bits per heavy atom. The largest absolute Gasteiger partial charge is 0.508 e. The highest BCUT2D eigenvalue weighted by molar-refractivity contribution is 5.99. The van der Waals surface area contributed by atoms with Crippen LogP contribution in [0.3, 0.4) is 0 Å². The van der Waals surface area contributed by atoms with E-state index in [0.717, 1.165) is 6.07 Å². The smallest absolute Gasteiger partial charge is 0.342 e. The van der Waals surface area contributed by atoms with E-state index in [0.29, 0.717) is 18.4 Å². The number of rotatable bonds is 0. The molecular formula is C18H22N2O4. The van der Waals surface area contributed by atoms with E-state index in [2.05, 4.69) is 0 Å². The monoisotopic (exact) mass is 330 g/mol. The van der Waals surface area contributed by atoms with Crippen LogP contribution >= 0.6 is 0 Å². The number of phenols is 2. The molecule has 0 aromatic heterocycles. The third kappa shape index (κ3) is 4.70. The fourth-order valence-corrected chi connectivity index (χ4v) is 2.49. The van der Waals surface area contributed by atoms with Crippen LogP contribution in [0.25, 0.3) is 0 Å². The minimum Gasteiger partial charge on any atom is -0.508 e. The van der Waals surface area contributed by atoms with Crippen molar-refractivity contribution in [2.24, 2.45) is 5.73 Å². The van der Waals surface area contributed by atoms with Gasteiger partial charge in [-0.1, -0.05) is 18.2 Å². The molecule has 0 spiro atoms. The van der Waals surface area contributed by atoms with E-state index in [1.54, 1.807) is 19.1 Å². The summed E-state index contributed by atoms with van der Waals surface area (Å²) < 4.78 is 5.35. The molecule has 0 fully saturated rings. The fourth-order valence-electron chi connectivity index (χ4n) is 2.49. The summed E-state index contributed by atoms with van der Waals surface area (Å²) in [6, 6.07) is 2.29. The van der Waals surface area contributed by atoms with E-state index in [4.69, 9.17) is 15.9 Å². The zero-order valence-corrected chi connectivity index (χ0v) is 13.5. The van der Waals surface area contributed by atoms with Gasteiger partial charge in [0, 0.05) is 30.7 Å². The van der Waals surface area contributed by atoms with Gasteiger partial charge in [0.15, 0.2) is 0 Å². The first-order valence-electron chi connectivity index (χ1n) is 7.79. The molecule has 0 radical (unpaired) electrons. The van der Waals surface area contributed by atoms with Gasteiger partial charge in [0.2, 0.25) is 0 Å². The molecule has 1 aromatic carbocycles. The highest BCUT2D eigenvalue weighted by atomic mass is 16.5. The molecule has 5 N–H and O–H groups in total. The Morgan fingerprint density at radius 2 is 2.00 bits per heavy atom. The van der Waals surface area contributed by atoms with Gasteiger partial charge < -0.3 is 26.1 Å².